The summed E-state index contributed by atoms with van der Waals surface area (Å²) < 4.78 is 1.52. The van der Waals surface area contributed by atoms with Crippen LogP contribution in [0.2, 0.25) is 0 Å². The number of ketones is 1. The van der Waals surface area contributed by atoms with E-state index in [1.165, 1.54) is 22.3 Å². The van der Waals surface area contributed by atoms with Gasteiger partial charge in [0.1, 0.15) is 5.75 Å². The van der Waals surface area contributed by atoms with E-state index < -0.39 is 5.78 Å². The molecular formula is C19H14N4O2. The van der Waals surface area contributed by atoms with Crippen LogP contribution in [0.1, 0.15) is 21.6 Å². The van der Waals surface area contributed by atoms with E-state index in [0.717, 1.165) is 11.3 Å². The Kier molecular flexibility index (Phi) is 3.50. The largest absolute Gasteiger partial charge is 0.507 e. The summed E-state index contributed by atoms with van der Waals surface area (Å²) >= 11 is 0. The lowest BCUT2D eigenvalue weighted by Gasteiger charge is -2.02. The van der Waals surface area contributed by atoms with Gasteiger partial charge in [0, 0.05) is 11.6 Å². The molecule has 0 spiro atoms. The van der Waals surface area contributed by atoms with Crippen molar-refractivity contribution >= 4 is 11.4 Å². The van der Waals surface area contributed by atoms with Gasteiger partial charge in [0.05, 0.1) is 17.5 Å². The molecule has 0 bridgehead atoms. The van der Waals surface area contributed by atoms with Gasteiger partial charge >= 0.3 is 0 Å². The number of para-hydroxylation sites is 1. The summed E-state index contributed by atoms with van der Waals surface area (Å²) in [6, 6.07) is 16.1. The number of aromatic nitrogens is 4. The zero-order valence-corrected chi connectivity index (χ0v) is 13.4. The third-order valence-corrected chi connectivity index (χ3v) is 3.95. The van der Waals surface area contributed by atoms with Gasteiger partial charge in [-0.05, 0) is 19.1 Å². The van der Waals surface area contributed by atoms with Crippen molar-refractivity contribution in [2.75, 3.05) is 0 Å². The van der Waals surface area contributed by atoms with Crippen LogP contribution in [0.25, 0.3) is 16.9 Å². The standard InChI is InChI=1S/C19H14N4O2/c1-12-6-8-13(9-7-12)15-10-18-21-20-16(11-23(18)22-15)19(25)14-4-2-3-5-17(14)24/h2-11,24H,1H3. The van der Waals surface area contributed by atoms with Crippen molar-refractivity contribution in [2.24, 2.45) is 0 Å². The van der Waals surface area contributed by atoms with E-state index in [2.05, 4.69) is 15.3 Å². The molecule has 4 aromatic rings. The number of fused-ring (bicyclic) bond motifs is 1. The molecule has 0 aliphatic rings. The fourth-order valence-electron chi connectivity index (χ4n) is 2.57. The monoisotopic (exact) mass is 330 g/mol. The van der Waals surface area contributed by atoms with Gasteiger partial charge in [0.2, 0.25) is 5.78 Å². The Morgan fingerprint density at radius 3 is 2.56 bits per heavy atom. The van der Waals surface area contributed by atoms with Gasteiger partial charge in [-0.2, -0.15) is 5.10 Å². The second-order valence-electron chi connectivity index (χ2n) is 5.76. The van der Waals surface area contributed by atoms with Crippen molar-refractivity contribution in [1.29, 1.82) is 0 Å². The zero-order valence-electron chi connectivity index (χ0n) is 13.4. The number of phenols is 1. The molecule has 0 atom stereocenters. The number of hydrogen-bond donors (Lipinski definition) is 1. The molecule has 0 saturated heterocycles. The van der Waals surface area contributed by atoms with Gasteiger partial charge < -0.3 is 5.11 Å². The Labute approximate surface area is 143 Å². The Morgan fingerprint density at radius 2 is 1.80 bits per heavy atom. The predicted octanol–water partition coefficient (Wildman–Crippen LogP) is 3.04. The summed E-state index contributed by atoms with van der Waals surface area (Å²) in [5.41, 5.74) is 3.73. The molecule has 6 nitrogen and oxygen atoms in total. The van der Waals surface area contributed by atoms with Crippen LogP contribution < -0.4 is 0 Å². The van der Waals surface area contributed by atoms with Crippen LogP contribution in [0.15, 0.2) is 60.8 Å². The van der Waals surface area contributed by atoms with Crippen molar-refractivity contribution < 1.29 is 9.90 Å². The molecule has 0 unspecified atom stereocenters. The van der Waals surface area contributed by atoms with E-state index in [1.807, 2.05) is 37.3 Å². The fraction of sp³-hybridized carbons (Fsp3) is 0.0526. The smallest absolute Gasteiger partial charge is 0.218 e. The highest BCUT2D eigenvalue weighted by Crippen LogP contribution is 2.21. The molecule has 0 saturated carbocycles. The molecule has 0 aliphatic carbocycles. The molecule has 4 rings (SSSR count). The second kappa shape index (κ2) is 5.83. The average Bonchev–Trinajstić information content (AvgIpc) is 3.05. The molecule has 2 heterocycles. The van der Waals surface area contributed by atoms with Gasteiger partial charge in [0.15, 0.2) is 11.3 Å². The summed E-state index contributed by atoms with van der Waals surface area (Å²) in [6.07, 6.45) is 1.52. The Balaban J connectivity index is 1.74. The van der Waals surface area contributed by atoms with Crippen molar-refractivity contribution in [1.82, 2.24) is 19.8 Å². The topological polar surface area (TPSA) is 80.4 Å². The number of hydrogen-bond acceptors (Lipinski definition) is 5. The van der Waals surface area contributed by atoms with Gasteiger partial charge in [0.25, 0.3) is 0 Å². The molecule has 0 amide bonds. The van der Waals surface area contributed by atoms with E-state index >= 15 is 0 Å². The van der Waals surface area contributed by atoms with E-state index in [9.17, 15) is 9.90 Å². The number of nitrogens with zero attached hydrogens (tertiary/aromatic N) is 4. The molecule has 2 aromatic heterocycles. The Morgan fingerprint density at radius 1 is 1.04 bits per heavy atom. The summed E-state index contributed by atoms with van der Waals surface area (Å²) in [4.78, 5) is 12.5. The van der Waals surface area contributed by atoms with Crippen molar-refractivity contribution in [3.05, 3.63) is 77.6 Å². The van der Waals surface area contributed by atoms with Gasteiger partial charge in [-0.15, -0.1) is 10.2 Å². The third-order valence-electron chi connectivity index (χ3n) is 3.95. The lowest BCUT2D eigenvalue weighted by Crippen LogP contribution is -2.08. The molecule has 122 valence electrons. The maximum atomic E-state index is 12.5. The molecule has 25 heavy (non-hydrogen) atoms. The molecule has 1 N–H and O–H groups in total. The number of rotatable bonds is 3. The maximum absolute atomic E-state index is 12.5. The number of carbonyl (C=O) groups excluding carboxylic acids is 1. The third kappa shape index (κ3) is 2.74. The molecular weight excluding hydrogens is 316 g/mol. The molecule has 2 aromatic carbocycles. The quantitative estimate of drug-likeness (QED) is 0.584. The molecule has 0 aliphatic heterocycles. The lowest BCUT2D eigenvalue weighted by molar-refractivity contribution is 0.103. The van der Waals surface area contributed by atoms with Crippen LogP contribution in [-0.2, 0) is 0 Å². The van der Waals surface area contributed by atoms with E-state index in [-0.39, 0.29) is 17.0 Å². The minimum absolute atomic E-state index is 0.0878. The van der Waals surface area contributed by atoms with Crippen molar-refractivity contribution in [3.8, 4) is 17.0 Å². The van der Waals surface area contributed by atoms with Gasteiger partial charge in [-0.25, -0.2) is 4.52 Å². The van der Waals surface area contributed by atoms with Crippen LogP contribution in [0.4, 0.5) is 0 Å². The number of aryl methyl sites for hydroxylation is 1. The predicted molar refractivity (Wildman–Crippen MR) is 92.5 cm³/mol. The first kappa shape index (κ1) is 15.0. The Bertz CT molecular complexity index is 1080. The van der Waals surface area contributed by atoms with Crippen molar-refractivity contribution in [3.63, 3.8) is 0 Å². The van der Waals surface area contributed by atoms with Gasteiger partial charge in [-0.1, -0.05) is 42.0 Å². The second-order valence-corrected chi connectivity index (χ2v) is 5.76. The van der Waals surface area contributed by atoms with E-state index in [0.29, 0.717) is 5.65 Å². The Hall–Kier alpha value is -3.54. The number of phenolic OH excluding ortho intramolecular Hbond substituents is 1. The minimum atomic E-state index is -0.403. The van der Waals surface area contributed by atoms with Crippen LogP contribution >= 0.6 is 0 Å². The number of benzene rings is 2. The van der Waals surface area contributed by atoms with E-state index in [1.54, 1.807) is 18.2 Å². The number of aromatic hydroxyl groups is 1. The highest BCUT2D eigenvalue weighted by Gasteiger charge is 2.16. The lowest BCUT2D eigenvalue weighted by atomic mass is 10.1. The summed E-state index contributed by atoms with van der Waals surface area (Å²) in [5, 5.41) is 22.4. The van der Waals surface area contributed by atoms with Crippen LogP contribution in [-0.4, -0.2) is 30.7 Å². The normalized spacial score (nSPS) is 10.9. The van der Waals surface area contributed by atoms with Crippen LogP contribution in [0.3, 0.4) is 0 Å². The molecule has 0 radical (unpaired) electrons. The van der Waals surface area contributed by atoms with Gasteiger partial charge in [-0.3, -0.25) is 4.79 Å². The highest BCUT2D eigenvalue weighted by atomic mass is 16.3. The zero-order chi connectivity index (χ0) is 17.4. The summed E-state index contributed by atoms with van der Waals surface area (Å²) in [6.45, 7) is 2.02. The SMILES string of the molecule is Cc1ccc(-c2cc3nnc(C(=O)c4ccccc4O)cn3n2)cc1. The first-order valence-electron chi connectivity index (χ1n) is 7.75. The van der Waals surface area contributed by atoms with Crippen LogP contribution in [0.5, 0.6) is 5.75 Å². The van der Waals surface area contributed by atoms with E-state index in [4.69, 9.17) is 0 Å². The van der Waals surface area contributed by atoms with Crippen LogP contribution in [0, 0.1) is 6.92 Å². The summed E-state index contributed by atoms with van der Waals surface area (Å²) in [5.74, 6) is -0.491. The number of carbonyl (C=O) groups is 1. The maximum Gasteiger partial charge on any atom is 0.218 e. The summed E-state index contributed by atoms with van der Waals surface area (Å²) in [7, 11) is 0. The van der Waals surface area contributed by atoms with Crippen molar-refractivity contribution in [2.45, 2.75) is 6.92 Å². The minimum Gasteiger partial charge on any atom is -0.507 e. The molecule has 6 heteroatoms. The highest BCUT2D eigenvalue weighted by molar-refractivity contribution is 6.09. The first-order chi connectivity index (χ1) is 12.1. The fourth-order valence-corrected chi connectivity index (χ4v) is 2.57. The average molecular weight is 330 g/mol. The first-order valence-corrected chi connectivity index (χ1v) is 7.75. The molecule has 0 fully saturated rings.